The molecule has 248 valence electrons. The van der Waals surface area contributed by atoms with Crippen LogP contribution in [0.3, 0.4) is 0 Å². The molecular weight excluding hydrogens is 637 g/mol. The molecule has 5 rings (SSSR count). The van der Waals surface area contributed by atoms with Crippen molar-refractivity contribution >= 4 is 69.8 Å². The van der Waals surface area contributed by atoms with Gasteiger partial charge >= 0.3 is 0 Å². The maximum atomic E-state index is 13.9. The minimum Gasteiger partial charge on any atom is -0.494 e. The van der Waals surface area contributed by atoms with E-state index in [1.807, 2.05) is 20.8 Å². The normalized spacial score (nSPS) is 16.8. The number of carbonyl (C=O) groups is 3. The Morgan fingerprint density at radius 3 is 2.61 bits per heavy atom. The summed E-state index contributed by atoms with van der Waals surface area (Å²) in [6.07, 6.45) is 2.52. The van der Waals surface area contributed by atoms with Crippen LogP contribution in [0.5, 0.6) is 17.2 Å². The number of anilines is 3. The summed E-state index contributed by atoms with van der Waals surface area (Å²) in [6, 6.07) is 4.78. The van der Waals surface area contributed by atoms with Crippen molar-refractivity contribution in [3.8, 4) is 17.2 Å². The third kappa shape index (κ3) is 7.01. The van der Waals surface area contributed by atoms with Crippen molar-refractivity contribution in [1.29, 1.82) is 0 Å². The summed E-state index contributed by atoms with van der Waals surface area (Å²) in [6.45, 7) is 7.84. The number of nitrogens with zero attached hydrogens (tertiary/aromatic N) is 3. The molecule has 1 saturated heterocycles. The predicted molar refractivity (Wildman–Crippen MR) is 177 cm³/mol. The first-order valence-electron chi connectivity index (χ1n) is 14.7. The average molecular weight is 677 g/mol. The van der Waals surface area contributed by atoms with Crippen molar-refractivity contribution in [3.05, 3.63) is 35.6 Å². The smallest absolute Gasteiger partial charge is 0.247 e. The number of aromatic nitrogens is 2. The Balaban J connectivity index is 0.00000480. The highest BCUT2D eigenvalue weighted by Gasteiger charge is 2.42. The molecular formula is C31H39Cl2N7O6. The van der Waals surface area contributed by atoms with Gasteiger partial charge in [-0.25, -0.2) is 9.97 Å². The second kappa shape index (κ2) is 14.1. The Kier molecular flexibility index (Phi) is 10.7. The van der Waals surface area contributed by atoms with Gasteiger partial charge in [0.2, 0.25) is 24.5 Å². The molecule has 46 heavy (non-hydrogen) atoms. The Bertz CT molecular complexity index is 1630. The van der Waals surface area contributed by atoms with E-state index in [1.54, 1.807) is 43.1 Å². The van der Waals surface area contributed by atoms with Gasteiger partial charge in [-0.1, -0.05) is 32.4 Å². The van der Waals surface area contributed by atoms with E-state index in [9.17, 15) is 14.4 Å². The van der Waals surface area contributed by atoms with Gasteiger partial charge in [0.15, 0.2) is 11.5 Å². The molecule has 0 aliphatic carbocycles. The molecule has 3 atom stereocenters. The van der Waals surface area contributed by atoms with E-state index < -0.39 is 23.5 Å². The zero-order valence-corrected chi connectivity index (χ0v) is 28.1. The quantitative estimate of drug-likeness (QED) is 0.259. The number of fused-ring (bicyclic) bond motifs is 2. The number of likely N-dealkylation sites (tertiary alicyclic amines) is 1. The van der Waals surface area contributed by atoms with Crippen molar-refractivity contribution in [2.45, 2.75) is 58.7 Å². The summed E-state index contributed by atoms with van der Waals surface area (Å²) < 4.78 is 16.7. The summed E-state index contributed by atoms with van der Waals surface area (Å²) in [7, 11) is 3.17. The summed E-state index contributed by atoms with van der Waals surface area (Å²) >= 11 is 6.49. The number of carbonyl (C=O) groups excluding carboxylic acids is 3. The minimum absolute atomic E-state index is 0. The first-order chi connectivity index (χ1) is 21.4. The lowest BCUT2D eigenvalue weighted by molar-refractivity contribution is -0.143. The molecule has 0 bridgehead atoms. The molecule has 13 nitrogen and oxygen atoms in total. The zero-order chi connectivity index (χ0) is 32.5. The molecule has 1 aromatic heterocycles. The predicted octanol–water partition coefficient (Wildman–Crippen LogP) is 4.25. The standard InChI is InChI=1S/C31H38ClN7O6.ClH/c1-16(33-5)28(40)38-26(31(2,3)4)30(42)39-11-7-8-21(39)29(41)36-20-12-17-19(13-23(20)43-6)34-14-35-27(17)37-24-18(32)9-10-22-25(24)45-15-44-22;/h9-10,12-14,16,21,26,33H,7-8,11,15H2,1-6H3,(H,36,41)(H,38,40)(H,34,35,37);1H. The van der Waals surface area contributed by atoms with Crippen LogP contribution < -0.4 is 35.5 Å². The van der Waals surface area contributed by atoms with Crippen LogP contribution in [0.2, 0.25) is 5.02 Å². The van der Waals surface area contributed by atoms with Gasteiger partial charge in [-0.2, -0.15) is 0 Å². The Hall–Kier alpha value is -4.07. The molecule has 15 heteroatoms. The summed E-state index contributed by atoms with van der Waals surface area (Å²) in [4.78, 5) is 50.7. The Morgan fingerprint density at radius 2 is 1.91 bits per heavy atom. The van der Waals surface area contributed by atoms with Crippen LogP contribution in [0, 0.1) is 5.41 Å². The number of amides is 3. The van der Waals surface area contributed by atoms with Crippen LogP contribution >= 0.6 is 24.0 Å². The fourth-order valence-electron chi connectivity index (χ4n) is 5.37. The molecule has 0 radical (unpaired) electrons. The van der Waals surface area contributed by atoms with Gasteiger partial charge in [-0.05, 0) is 50.4 Å². The summed E-state index contributed by atoms with van der Waals surface area (Å²) in [5.74, 6) is 0.846. The van der Waals surface area contributed by atoms with Crippen molar-refractivity contribution < 1.29 is 28.6 Å². The van der Waals surface area contributed by atoms with Crippen molar-refractivity contribution in [2.24, 2.45) is 5.41 Å². The zero-order valence-electron chi connectivity index (χ0n) is 26.5. The lowest BCUT2D eigenvalue weighted by atomic mass is 9.85. The largest absolute Gasteiger partial charge is 0.494 e. The molecule has 3 unspecified atom stereocenters. The van der Waals surface area contributed by atoms with Crippen LogP contribution in [0.15, 0.2) is 30.6 Å². The maximum absolute atomic E-state index is 13.9. The van der Waals surface area contributed by atoms with Crippen molar-refractivity contribution in [1.82, 2.24) is 25.5 Å². The van der Waals surface area contributed by atoms with E-state index in [-0.39, 0.29) is 36.9 Å². The molecule has 4 N–H and O–H groups in total. The highest BCUT2D eigenvalue weighted by Crippen LogP contribution is 2.45. The number of hydrogen-bond acceptors (Lipinski definition) is 10. The van der Waals surface area contributed by atoms with Gasteiger partial charge in [0, 0.05) is 18.0 Å². The summed E-state index contributed by atoms with van der Waals surface area (Å²) in [5, 5.41) is 13.0. The number of benzene rings is 2. The highest BCUT2D eigenvalue weighted by atomic mass is 35.5. The van der Waals surface area contributed by atoms with Crippen LogP contribution in [-0.4, -0.2) is 78.2 Å². The van der Waals surface area contributed by atoms with Crippen LogP contribution in [0.1, 0.15) is 40.5 Å². The highest BCUT2D eigenvalue weighted by molar-refractivity contribution is 6.34. The van der Waals surface area contributed by atoms with E-state index in [0.717, 1.165) is 0 Å². The minimum atomic E-state index is -0.823. The second-order valence-corrected chi connectivity index (χ2v) is 12.5. The van der Waals surface area contributed by atoms with Crippen LogP contribution in [0.4, 0.5) is 17.2 Å². The third-order valence-electron chi connectivity index (χ3n) is 8.01. The van der Waals surface area contributed by atoms with Gasteiger partial charge in [0.1, 0.15) is 35.7 Å². The second-order valence-electron chi connectivity index (χ2n) is 12.1. The molecule has 2 aromatic carbocycles. The molecule has 1 fully saturated rings. The first kappa shape index (κ1) is 34.8. The topological polar surface area (TPSA) is 156 Å². The van der Waals surface area contributed by atoms with E-state index in [2.05, 4.69) is 31.2 Å². The average Bonchev–Trinajstić information content (AvgIpc) is 3.70. The Labute approximate surface area is 278 Å². The SMILES string of the molecule is CNC(C)C(=O)NC(C(=O)N1CCCC1C(=O)Nc1cc2c(Nc3c(Cl)ccc4c3OCO4)ncnc2cc1OC)C(C)(C)C.Cl. The first-order valence-corrected chi connectivity index (χ1v) is 15.1. The number of rotatable bonds is 9. The van der Waals surface area contributed by atoms with E-state index in [0.29, 0.717) is 69.8 Å². The fourth-order valence-corrected chi connectivity index (χ4v) is 5.56. The fraction of sp³-hybridized carbons (Fsp3) is 0.452. The molecule has 2 aliphatic rings. The van der Waals surface area contributed by atoms with Gasteiger partial charge < -0.3 is 40.4 Å². The lowest BCUT2D eigenvalue weighted by Gasteiger charge is -2.36. The molecule has 0 saturated carbocycles. The van der Waals surface area contributed by atoms with Gasteiger partial charge in [-0.3, -0.25) is 14.4 Å². The Morgan fingerprint density at radius 1 is 1.15 bits per heavy atom. The number of ether oxygens (including phenoxy) is 3. The molecule has 0 spiro atoms. The van der Waals surface area contributed by atoms with E-state index in [1.165, 1.54) is 13.4 Å². The number of halogens is 2. The van der Waals surface area contributed by atoms with Crippen LogP contribution in [-0.2, 0) is 14.4 Å². The number of hydrogen-bond donors (Lipinski definition) is 4. The molecule has 3 heterocycles. The molecule has 2 aliphatic heterocycles. The summed E-state index contributed by atoms with van der Waals surface area (Å²) in [5.41, 5.74) is 0.825. The van der Waals surface area contributed by atoms with E-state index in [4.69, 9.17) is 25.8 Å². The lowest BCUT2D eigenvalue weighted by Crippen LogP contribution is -2.59. The number of methoxy groups -OCH3 is 1. The number of nitrogens with one attached hydrogen (secondary N) is 4. The monoisotopic (exact) mass is 675 g/mol. The van der Waals surface area contributed by atoms with Crippen molar-refractivity contribution in [2.75, 3.05) is 38.1 Å². The van der Waals surface area contributed by atoms with Gasteiger partial charge in [0.25, 0.3) is 0 Å². The number of likely N-dealkylation sites (N-methyl/N-ethyl adjacent to an activating group) is 1. The van der Waals surface area contributed by atoms with Gasteiger partial charge in [0.05, 0.1) is 29.4 Å². The van der Waals surface area contributed by atoms with Gasteiger partial charge in [-0.15, -0.1) is 12.4 Å². The van der Waals surface area contributed by atoms with E-state index >= 15 is 0 Å². The van der Waals surface area contributed by atoms with Crippen molar-refractivity contribution in [3.63, 3.8) is 0 Å². The molecule has 3 amide bonds. The maximum Gasteiger partial charge on any atom is 0.247 e. The third-order valence-corrected chi connectivity index (χ3v) is 8.33. The molecule has 3 aromatic rings. The van der Waals surface area contributed by atoms with Crippen LogP contribution in [0.25, 0.3) is 10.9 Å².